The molecular weight excluding hydrogens is 467 g/mol. The number of aliphatic imine (C=N–C) groups is 1. The van der Waals surface area contributed by atoms with Crippen LogP contribution < -0.4 is 10.6 Å². The van der Waals surface area contributed by atoms with Crippen LogP contribution in [0.5, 0.6) is 0 Å². The van der Waals surface area contributed by atoms with Crippen molar-refractivity contribution in [3.63, 3.8) is 0 Å². The molecule has 0 unspecified atom stereocenters. The number of benzene rings is 1. The Morgan fingerprint density at radius 1 is 1.14 bits per heavy atom. The third-order valence-corrected chi connectivity index (χ3v) is 4.49. The molecular formula is C20H29IN6O. The van der Waals surface area contributed by atoms with Crippen molar-refractivity contribution in [1.29, 1.82) is 0 Å². The lowest BCUT2D eigenvalue weighted by Crippen LogP contribution is -2.38. The topological polar surface area (TPSA) is 80.3 Å². The molecule has 3 rings (SSSR count). The van der Waals surface area contributed by atoms with Crippen LogP contribution in [0.1, 0.15) is 36.5 Å². The van der Waals surface area contributed by atoms with E-state index in [1.54, 1.807) is 0 Å². The van der Waals surface area contributed by atoms with Crippen LogP contribution in [-0.4, -0.2) is 33.6 Å². The first kappa shape index (κ1) is 22.2. The van der Waals surface area contributed by atoms with Gasteiger partial charge in [-0.2, -0.15) is 0 Å². The van der Waals surface area contributed by atoms with Gasteiger partial charge in [-0.3, -0.25) is 0 Å². The largest absolute Gasteiger partial charge is 0.444 e. The van der Waals surface area contributed by atoms with Gasteiger partial charge in [-0.25, -0.2) is 15.0 Å². The standard InChI is InChI=1S/C20H28N6O.HI/c1-5-21-20(23-13-19-24-14(2)15(3)27-19)22-11-8-12-26-16(4)25-17-9-6-7-10-18(17)26;/h6-7,9-10H,5,8,11-13H2,1-4H3,(H2,21,22,23);1H. The molecule has 0 fully saturated rings. The molecule has 0 atom stereocenters. The first-order valence-corrected chi connectivity index (χ1v) is 9.45. The molecule has 0 aliphatic carbocycles. The average Bonchev–Trinajstić information content (AvgIpc) is 3.15. The van der Waals surface area contributed by atoms with Gasteiger partial charge in [0.2, 0.25) is 5.89 Å². The Bertz CT molecular complexity index is 911. The van der Waals surface area contributed by atoms with Crippen LogP contribution in [0.25, 0.3) is 11.0 Å². The van der Waals surface area contributed by atoms with E-state index in [2.05, 4.69) is 62.2 Å². The quantitative estimate of drug-likeness (QED) is 0.226. The fourth-order valence-corrected chi connectivity index (χ4v) is 3.02. The number of oxazole rings is 1. The van der Waals surface area contributed by atoms with Gasteiger partial charge in [-0.1, -0.05) is 12.1 Å². The number of fused-ring (bicyclic) bond motifs is 1. The maximum atomic E-state index is 5.59. The molecule has 0 aliphatic rings. The Balaban J connectivity index is 0.00000280. The summed E-state index contributed by atoms with van der Waals surface area (Å²) in [7, 11) is 0. The van der Waals surface area contributed by atoms with Gasteiger partial charge in [0.1, 0.15) is 18.1 Å². The molecule has 0 bridgehead atoms. The second-order valence-electron chi connectivity index (χ2n) is 6.52. The fraction of sp³-hybridized carbons (Fsp3) is 0.450. The van der Waals surface area contributed by atoms with Crippen LogP contribution in [0.3, 0.4) is 0 Å². The number of aryl methyl sites for hydroxylation is 4. The van der Waals surface area contributed by atoms with Gasteiger partial charge < -0.3 is 19.6 Å². The minimum atomic E-state index is 0. The number of hydrogen-bond acceptors (Lipinski definition) is 4. The minimum absolute atomic E-state index is 0. The molecule has 2 aromatic heterocycles. The molecule has 0 amide bonds. The summed E-state index contributed by atoms with van der Waals surface area (Å²) in [5.74, 6) is 3.31. The number of nitrogens with one attached hydrogen (secondary N) is 2. The molecule has 28 heavy (non-hydrogen) atoms. The number of guanidine groups is 1. The first-order valence-electron chi connectivity index (χ1n) is 9.45. The van der Waals surface area contributed by atoms with Crippen molar-refractivity contribution in [2.45, 2.75) is 47.2 Å². The zero-order valence-electron chi connectivity index (χ0n) is 17.0. The number of hydrogen-bond donors (Lipinski definition) is 2. The van der Waals surface area contributed by atoms with Crippen LogP contribution in [0.2, 0.25) is 0 Å². The molecule has 3 aromatic rings. The first-order chi connectivity index (χ1) is 13.1. The Labute approximate surface area is 183 Å². The van der Waals surface area contributed by atoms with Crippen LogP contribution in [-0.2, 0) is 13.1 Å². The SMILES string of the molecule is CCNC(=NCc1nc(C)c(C)o1)NCCCn1c(C)nc2ccccc21.I. The summed E-state index contributed by atoms with van der Waals surface area (Å²) in [6.07, 6.45) is 0.975. The molecule has 152 valence electrons. The van der Waals surface area contributed by atoms with Crippen LogP contribution >= 0.6 is 24.0 Å². The molecule has 8 heteroatoms. The summed E-state index contributed by atoms with van der Waals surface area (Å²) in [5, 5.41) is 6.64. The fourth-order valence-electron chi connectivity index (χ4n) is 3.02. The normalized spacial score (nSPS) is 11.5. The predicted octanol–water partition coefficient (Wildman–Crippen LogP) is 3.71. The number of halogens is 1. The predicted molar refractivity (Wildman–Crippen MR) is 123 cm³/mol. The van der Waals surface area contributed by atoms with E-state index < -0.39 is 0 Å². The molecule has 7 nitrogen and oxygen atoms in total. The Kier molecular flexibility index (Phi) is 8.28. The summed E-state index contributed by atoms with van der Waals surface area (Å²) in [5.41, 5.74) is 3.15. The highest BCUT2D eigenvalue weighted by atomic mass is 127. The van der Waals surface area contributed by atoms with E-state index in [1.807, 2.05) is 19.9 Å². The van der Waals surface area contributed by atoms with Crippen molar-refractivity contribution in [2.24, 2.45) is 4.99 Å². The number of rotatable bonds is 7. The Hall–Kier alpha value is -2.10. The second-order valence-corrected chi connectivity index (χ2v) is 6.52. The van der Waals surface area contributed by atoms with Gasteiger partial charge in [0.25, 0.3) is 0 Å². The van der Waals surface area contributed by atoms with Gasteiger partial charge in [-0.15, -0.1) is 24.0 Å². The minimum Gasteiger partial charge on any atom is -0.444 e. The monoisotopic (exact) mass is 496 g/mol. The van der Waals surface area contributed by atoms with Crippen LogP contribution in [0.4, 0.5) is 0 Å². The van der Waals surface area contributed by atoms with E-state index in [1.165, 1.54) is 5.52 Å². The highest BCUT2D eigenvalue weighted by molar-refractivity contribution is 14.0. The molecule has 2 heterocycles. The van der Waals surface area contributed by atoms with Gasteiger partial charge >= 0.3 is 0 Å². The molecule has 0 spiro atoms. The molecule has 0 saturated carbocycles. The van der Waals surface area contributed by atoms with Crippen LogP contribution in [0.15, 0.2) is 33.7 Å². The van der Waals surface area contributed by atoms with Crippen molar-refractivity contribution in [3.8, 4) is 0 Å². The van der Waals surface area contributed by atoms with Crippen molar-refractivity contribution in [1.82, 2.24) is 25.2 Å². The van der Waals surface area contributed by atoms with Crippen molar-refractivity contribution in [2.75, 3.05) is 13.1 Å². The smallest absolute Gasteiger partial charge is 0.216 e. The summed E-state index contributed by atoms with van der Waals surface area (Å²) in [4.78, 5) is 13.5. The zero-order chi connectivity index (χ0) is 19.2. The van der Waals surface area contributed by atoms with Gasteiger partial charge in [0.15, 0.2) is 5.96 Å². The summed E-state index contributed by atoms with van der Waals surface area (Å²) < 4.78 is 7.85. The van der Waals surface area contributed by atoms with E-state index in [9.17, 15) is 0 Å². The maximum absolute atomic E-state index is 5.59. The van der Waals surface area contributed by atoms with E-state index in [4.69, 9.17) is 4.42 Å². The summed E-state index contributed by atoms with van der Waals surface area (Å²) >= 11 is 0. The van der Waals surface area contributed by atoms with Crippen molar-refractivity contribution in [3.05, 3.63) is 47.4 Å². The lowest BCUT2D eigenvalue weighted by atomic mass is 10.3. The second kappa shape index (κ2) is 10.4. The van der Waals surface area contributed by atoms with E-state index in [0.29, 0.717) is 12.4 Å². The molecule has 0 radical (unpaired) electrons. The average molecular weight is 496 g/mol. The zero-order valence-corrected chi connectivity index (χ0v) is 19.3. The van der Waals surface area contributed by atoms with E-state index in [0.717, 1.165) is 54.8 Å². The van der Waals surface area contributed by atoms with Crippen molar-refractivity contribution < 1.29 is 4.42 Å². The highest BCUT2D eigenvalue weighted by Gasteiger charge is 2.07. The third-order valence-electron chi connectivity index (χ3n) is 4.49. The highest BCUT2D eigenvalue weighted by Crippen LogP contribution is 2.15. The lowest BCUT2D eigenvalue weighted by Gasteiger charge is -2.12. The van der Waals surface area contributed by atoms with Gasteiger partial charge in [0.05, 0.1) is 16.7 Å². The van der Waals surface area contributed by atoms with Crippen molar-refractivity contribution >= 4 is 41.0 Å². The molecule has 0 aliphatic heterocycles. The van der Waals surface area contributed by atoms with Gasteiger partial charge in [-0.05, 0) is 46.2 Å². The molecule has 0 saturated heterocycles. The van der Waals surface area contributed by atoms with E-state index >= 15 is 0 Å². The molecule has 1 aromatic carbocycles. The summed E-state index contributed by atoms with van der Waals surface area (Å²) in [6.45, 7) is 10.9. The third kappa shape index (κ3) is 5.46. The number of para-hydroxylation sites is 2. The lowest BCUT2D eigenvalue weighted by molar-refractivity contribution is 0.472. The number of imidazole rings is 1. The number of aromatic nitrogens is 3. The number of nitrogens with zero attached hydrogens (tertiary/aromatic N) is 4. The Morgan fingerprint density at radius 3 is 2.64 bits per heavy atom. The summed E-state index contributed by atoms with van der Waals surface area (Å²) in [6, 6.07) is 8.25. The van der Waals surface area contributed by atoms with E-state index in [-0.39, 0.29) is 24.0 Å². The molecule has 2 N–H and O–H groups in total. The van der Waals surface area contributed by atoms with Crippen LogP contribution in [0, 0.1) is 20.8 Å². The maximum Gasteiger partial charge on any atom is 0.216 e. The van der Waals surface area contributed by atoms with Gasteiger partial charge in [0, 0.05) is 19.6 Å². The Morgan fingerprint density at radius 2 is 1.93 bits per heavy atom.